The van der Waals surface area contributed by atoms with Crippen molar-refractivity contribution in [3.63, 3.8) is 0 Å². The van der Waals surface area contributed by atoms with Crippen molar-refractivity contribution >= 4 is 0 Å². The first-order chi connectivity index (χ1) is 12.5. The van der Waals surface area contributed by atoms with E-state index < -0.39 is 6.10 Å². The molecule has 1 atom stereocenters. The molecule has 0 amide bonds. The number of rotatable bonds is 10. The number of unbranched alkanes of at least 4 members (excludes halogenated alkanes) is 6. The second kappa shape index (κ2) is 9.92. The number of hydrogen-bond donors (Lipinski definition) is 1. The summed E-state index contributed by atoms with van der Waals surface area (Å²) < 4.78 is 0. The second-order valence-corrected chi connectivity index (χ2v) is 8.16. The first-order valence-corrected chi connectivity index (χ1v) is 10.3. The van der Waals surface area contributed by atoms with Gasteiger partial charge in [0, 0.05) is 5.41 Å². The van der Waals surface area contributed by atoms with E-state index in [1.54, 1.807) is 0 Å². The van der Waals surface area contributed by atoms with E-state index in [1.165, 1.54) is 56.1 Å². The third-order valence-electron chi connectivity index (χ3n) is 5.64. The molecule has 1 unspecified atom stereocenters. The maximum absolute atomic E-state index is 10.7. The molecule has 1 aliphatic carbocycles. The van der Waals surface area contributed by atoms with Gasteiger partial charge in [-0.2, -0.15) is 0 Å². The van der Waals surface area contributed by atoms with Crippen LogP contribution in [0.3, 0.4) is 0 Å². The normalized spacial score (nSPS) is 17.8. The average molecular weight is 353 g/mol. The zero-order chi connectivity index (χ0) is 19.0. The molecule has 0 bridgehead atoms. The summed E-state index contributed by atoms with van der Waals surface area (Å²) in [5.41, 5.74) is 4.23. The van der Waals surface area contributed by atoms with Crippen LogP contribution in [0, 0.1) is 0 Å². The summed E-state index contributed by atoms with van der Waals surface area (Å²) in [5, 5.41) is 10.7. The molecule has 0 aromatic heterocycles. The molecule has 0 aliphatic heterocycles. The molecule has 0 saturated heterocycles. The Labute approximate surface area is 160 Å². The van der Waals surface area contributed by atoms with Crippen molar-refractivity contribution in [2.24, 2.45) is 0 Å². The molecule has 142 valence electrons. The molecule has 0 spiro atoms. The fourth-order valence-electron chi connectivity index (χ4n) is 3.81. The lowest BCUT2D eigenvalue weighted by molar-refractivity contribution is 0.231. The Kier molecular flexibility index (Phi) is 7.90. The third-order valence-corrected chi connectivity index (χ3v) is 5.64. The average Bonchev–Trinajstić information content (AvgIpc) is 2.64. The zero-order valence-corrected chi connectivity index (χ0v) is 16.9. The first kappa shape index (κ1) is 20.7. The summed E-state index contributed by atoms with van der Waals surface area (Å²) in [5.74, 6) is 0. The molecule has 26 heavy (non-hydrogen) atoms. The van der Waals surface area contributed by atoms with Crippen LogP contribution in [0.2, 0.25) is 0 Å². The number of allylic oxidation sites excluding steroid dienone is 2. The highest BCUT2D eigenvalue weighted by molar-refractivity contribution is 5.50. The molecule has 1 aromatic carbocycles. The Hall–Kier alpha value is -1.60. The minimum absolute atomic E-state index is 0.205. The van der Waals surface area contributed by atoms with Crippen LogP contribution in [0.4, 0.5) is 0 Å². The van der Waals surface area contributed by atoms with Gasteiger partial charge >= 0.3 is 0 Å². The minimum Gasteiger partial charge on any atom is -0.384 e. The molecule has 0 heterocycles. The molecule has 0 fully saturated rings. The Balaban J connectivity index is 2.00. The van der Waals surface area contributed by atoms with Crippen LogP contribution >= 0.6 is 0 Å². The van der Waals surface area contributed by atoms with Crippen LogP contribution in [0.25, 0.3) is 0 Å². The van der Waals surface area contributed by atoms with Crippen molar-refractivity contribution in [1.29, 1.82) is 0 Å². The summed E-state index contributed by atoms with van der Waals surface area (Å²) in [4.78, 5) is 0. The number of hydrogen-bond acceptors (Lipinski definition) is 1. The lowest BCUT2D eigenvalue weighted by Gasteiger charge is -2.35. The fourth-order valence-corrected chi connectivity index (χ4v) is 3.81. The van der Waals surface area contributed by atoms with Gasteiger partial charge in [0.05, 0.1) is 0 Å². The van der Waals surface area contributed by atoms with Gasteiger partial charge < -0.3 is 5.11 Å². The lowest BCUT2D eigenvalue weighted by Crippen LogP contribution is -2.31. The molecule has 0 saturated carbocycles. The van der Waals surface area contributed by atoms with Crippen molar-refractivity contribution in [3.05, 3.63) is 71.3 Å². The summed E-state index contributed by atoms with van der Waals surface area (Å²) in [7, 11) is 0. The van der Waals surface area contributed by atoms with Gasteiger partial charge in [-0.15, -0.1) is 0 Å². The van der Waals surface area contributed by atoms with Gasteiger partial charge in [-0.1, -0.05) is 108 Å². The molecule has 1 nitrogen and oxygen atoms in total. The largest absolute Gasteiger partial charge is 0.384 e. The van der Waals surface area contributed by atoms with E-state index in [1.807, 2.05) is 6.07 Å². The number of aliphatic hydroxyl groups excluding tert-OH is 1. The Bertz CT molecular complexity index is 633. The van der Waals surface area contributed by atoms with E-state index in [0.717, 1.165) is 17.6 Å². The van der Waals surface area contributed by atoms with E-state index in [-0.39, 0.29) is 5.41 Å². The quantitative estimate of drug-likeness (QED) is 0.455. The highest BCUT2D eigenvalue weighted by Crippen LogP contribution is 2.39. The van der Waals surface area contributed by atoms with Crippen LogP contribution in [0.15, 0.2) is 65.8 Å². The summed E-state index contributed by atoms with van der Waals surface area (Å²) in [6, 6.07) is 10.5. The third kappa shape index (κ3) is 5.45. The highest BCUT2D eigenvalue weighted by Gasteiger charge is 2.32. The molecule has 0 radical (unpaired) electrons. The standard InChI is InChI=1S/C25H36O/c1-5-6-7-8-9-10-12-15-21-18-20(2)24(26)23(19-21)25(3,4)22-16-13-11-14-17-22/h11,13-14,16-19,24,26H,2,5-10,12,15H2,1,3-4H3. The molecule has 1 aliphatic rings. The smallest absolute Gasteiger partial charge is 0.101 e. The number of benzene rings is 1. The van der Waals surface area contributed by atoms with Crippen molar-refractivity contribution in [1.82, 2.24) is 0 Å². The van der Waals surface area contributed by atoms with Crippen molar-refractivity contribution in [3.8, 4) is 0 Å². The predicted octanol–water partition coefficient (Wildman–Crippen LogP) is 6.89. The topological polar surface area (TPSA) is 20.2 Å². The summed E-state index contributed by atoms with van der Waals surface area (Å²) in [6.45, 7) is 10.8. The summed E-state index contributed by atoms with van der Waals surface area (Å²) in [6.07, 6.45) is 14.1. The van der Waals surface area contributed by atoms with E-state index in [0.29, 0.717) is 0 Å². The van der Waals surface area contributed by atoms with Crippen molar-refractivity contribution in [2.75, 3.05) is 0 Å². The first-order valence-electron chi connectivity index (χ1n) is 10.3. The summed E-state index contributed by atoms with van der Waals surface area (Å²) >= 11 is 0. The van der Waals surface area contributed by atoms with Gasteiger partial charge in [0.25, 0.3) is 0 Å². The van der Waals surface area contributed by atoms with Crippen molar-refractivity contribution < 1.29 is 5.11 Å². The van der Waals surface area contributed by atoms with E-state index in [2.05, 4.69) is 63.8 Å². The Morgan fingerprint density at radius 3 is 2.19 bits per heavy atom. The van der Waals surface area contributed by atoms with Gasteiger partial charge in [-0.25, -0.2) is 0 Å². The Morgan fingerprint density at radius 2 is 1.54 bits per heavy atom. The maximum Gasteiger partial charge on any atom is 0.101 e. The maximum atomic E-state index is 10.7. The van der Waals surface area contributed by atoms with Crippen LogP contribution in [0.1, 0.15) is 77.7 Å². The van der Waals surface area contributed by atoms with Crippen LogP contribution < -0.4 is 0 Å². The Morgan fingerprint density at radius 1 is 0.923 bits per heavy atom. The van der Waals surface area contributed by atoms with Crippen LogP contribution in [-0.2, 0) is 5.41 Å². The molecular weight excluding hydrogens is 316 g/mol. The van der Waals surface area contributed by atoms with Crippen LogP contribution in [-0.4, -0.2) is 11.2 Å². The second-order valence-electron chi connectivity index (χ2n) is 8.16. The molecular formula is C25H36O. The lowest BCUT2D eigenvalue weighted by atomic mass is 9.71. The highest BCUT2D eigenvalue weighted by atomic mass is 16.3. The van der Waals surface area contributed by atoms with Gasteiger partial charge in [-0.3, -0.25) is 0 Å². The molecule has 1 N–H and O–H groups in total. The van der Waals surface area contributed by atoms with Gasteiger partial charge in [0.1, 0.15) is 6.10 Å². The fraction of sp³-hybridized carbons (Fsp3) is 0.520. The predicted molar refractivity (Wildman–Crippen MR) is 113 cm³/mol. The molecule has 1 aromatic rings. The van der Waals surface area contributed by atoms with E-state index in [4.69, 9.17) is 0 Å². The van der Waals surface area contributed by atoms with Gasteiger partial charge in [0.15, 0.2) is 0 Å². The van der Waals surface area contributed by atoms with E-state index >= 15 is 0 Å². The number of aliphatic hydroxyl groups is 1. The van der Waals surface area contributed by atoms with E-state index in [9.17, 15) is 5.11 Å². The monoisotopic (exact) mass is 352 g/mol. The molecule has 2 rings (SSSR count). The van der Waals surface area contributed by atoms with Gasteiger partial charge in [-0.05, 0) is 35.1 Å². The SMILES string of the molecule is C=C1C=C(CCCCCCCCC)C=C(C(C)(C)c2ccccc2)C1O. The molecule has 1 heteroatoms. The van der Waals surface area contributed by atoms with Crippen molar-refractivity contribution in [2.45, 2.75) is 83.7 Å². The van der Waals surface area contributed by atoms with Gasteiger partial charge in [0.2, 0.25) is 0 Å². The zero-order valence-electron chi connectivity index (χ0n) is 16.9. The minimum atomic E-state index is -0.581. The van der Waals surface area contributed by atoms with Crippen LogP contribution in [0.5, 0.6) is 0 Å².